The maximum atomic E-state index is 12.2. The molecule has 0 aliphatic carbocycles. The quantitative estimate of drug-likeness (QED) is 0.868. The Morgan fingerprint density at radius 2 is 1.33 bits per heavy atom. The van der Waals surface area contributed by atoms with Gasteiger partial charge in [-0.3, -0.25) is 4.72 Å². The molecule has 2 N–H and O–H groups in total. The molecular formula is C13H14N2O4S2. The number of rotatable bonds is 5. The molecule has 0 radical (unpaired) electrons. The van der Waals surface area contributed by atoms with Crippen LogP contribution in [0.3, 0.4) is 0 Å². The van der Waals surface area contributed by atoms with Crippen LogP contribution in [0, 0.1) is 0 Å². The number of nitrogens with one attached hydrogen (secondary N) is 2. The fraction of sp³-hybridized carbons (Fsp3) is 0.0769. The molecule has 0 fully saturated rings. The molecule has 0 bridgehead atoms. The Morgan fingerprint density at radius 1 is 0.762 bits per heavy atom. The fourth-order valence-electron chi connectivity index (χ4n) is 1.70. The lowest BCUT2D eigenvalue weighted by molar-refractivity contribution is 0.588. The second-order valence-electron chi connectivity index (χ2n) is 4.12. The van der Waals surface area contributed by atoms with Crippen LogP contribution in [0.5, 0.6) is 0 Å². The predicted molar refractivity (Wildman–Crippen MR) is 79.9 cm³/mol. The van der Waals surface area contributed by atoms with Gasteiger partial charge in [0.2, 0.25) is 10.0 Å². The number of para-hydroxylation sites is 1. The molecule has 0 spiro atoms. The van der Waals surface area contributed by atoms with Crippen molar-refractivity contribution in [2.45, 2.75) is 9.79 Å². The molecule has 2 aromatic rings. The molecule has 0 saturated heterocycles. The van der Waals surface area contributed by atoms with Crippen LogP contribution in [-0.2, 0) is 20.0 Å². The van der Waals surface area contributed by atoms with Gasteiger partial charge in [-0.25, -0.2) is 21.6 Å². The average Bonchev–Trinajstić information content (AvgIpc) is 2.48. The summed E-state index contributed by atoms with van der Waals surface area (Å²) in [7, 11) is -6.35. The smallest absolute Gasteiger partial charge is 0.261 e. The summed E-state index contributed by atoms with van der Waals surface area (Å²) in [6.07, 6.45) is 0. The summed E-state index contributed by atoms with van der Waals surface area (Å²) in [5, 5.41) is 0. The van der Waals surface area contributed by atoms with Crippen LogP contribution in [0.1, 0.15) is 0 Å². The summed E-state index contributed by atoms with van der Waals surface area (Å²) in [6.45, 7) is 0. The molecule has 0 atom stereocenters. The molecule has 0 aliphatic heterocycles. The number of benzene rings is 2. The first-order valence-corrected chi connectivity index (χ1v) is 8.94. The van der Waals surface area contributed by atoms with Gasteiger partial charge in [0.1, 0.15) is 4.90 Å². The highest BCUT2D eigenvalue weighted by Crippen LogP contribution is 2.23. The molecule has 6 nitrogen and oxygen atoms in total. The summed E-state index contributed by atoms with van der Waals surface area (Å²) in [5.41, 5.74) is -0.00398. The minimum absolute atomic E-state index is 0.00398. The topological polar surface area (TPSA) is 92.3 Å². The van der Waals surface area contributed by atoms with Crippen molar-refractivity contribution >= 4 is 25.7 Å². The first-order chi connectivity index (χ1) is 9.87. The van der Waals surface area contributed by atoms with E-state index in [1.807, 2.05) is 0 Å². The van der Waals surface area contributed by atoms with Crippen LogP contribution in [0.25, 0.3) is 0 Å². The molecular weight excluding hydrogens is 312 g/mol. The number of sulfonamides is 2. The Hall–Kier alpha value is -1.90. The Morgan fingerprint density at radius 3 is 1.95 bits per heavy atom. The number of hydrogen-bond donors (Lipinski definition) is 2. The van der Waals surface area contributed by atoms with Crippen LogP contribution in [-0.4, -0.2) is 23.9 Å². The highest BCUT2D eigenvalue weighted by atomic mass is 32.2. The minimum Gasteiger partial charge on any atom is -0.278 e. The summed E-state index contributed by atoms with van der Waals surface area (Å²) in [5.74, 6) is 0. The average molecular weight is 326 g/mol. The van der Waals surface area contributed by atoms with Crippen molar-refractivity contribution in [3.63, 3.8) is 0 Å². The first-order valence-electron chi connectivity index (χ1n) is 5.97. The molecule has 0 aliphatic rings. The number of hydrogen-bond acceptors (Lipinski definition) is 4. The molecule has 112 valence electrons. The Balaban J connectivity index is 2.47. The first kappa shape index (κ1) is 15.5. The van der Waals surface area contributed by atoms with Gasteiger partial charge < -0.3 is 0 Å². The standard InChI is InChI=1S/C13H14N2O4S2/c1-14-21(18,19)13-10-6-5-9-12(13)15-20(16,17)11-7-3-2-4-8-11/h2-10,14-15H,1H3. The van der Waals surface area contributed by atoms with Crippen molar-refractivity contribution in [3.8, 4) is 0 Å². The van der Waals surface area contributed by atoms with Crippen molar-refractivity contribution in [3.05, 3.63) is 54.6 Å². The zero-order valence-electron chi connectivity index (χ0n) is 11.1. The van der Waals surface area contributed by atoms with Crippen molar-refractivity contribution in [2.24, 2.45) is 0 Å². The van der Waals surface area contributed by atoms with E-state index in [-0.39, 0.29) is 15.5 Å². The normalized spacial score (nSPS) is 12.0. The highest BCUT2D eigenvalue weighted by Gasteiger charge is 2.20. The van der Waals surface area contributed by atoms with Gasteiger partial charge in [0.25, 0.3) is 10.0 Å². The predicted octanol–water partition coefficient (Wildman–Crippen LogP) is 1.40. The van der Waals surface area contributed by atoms with E-state index in [2.05, 4.69) is 9.44 Å². The van der Waals surface area contributed by atoms with Gasteiger partial charge in [0.05, 0.1) is 10.6 Å². The highest BCUT2D eigenvalue weighted by molar-refractivity contribution is 7.93. The van der Waals surface area contributed by atoms with E-state index < -0.39 is 20.0 Å². The van der Waals surface area contributed by atoms with Crippen LogP contribution in [0.15, 0.2) is 64.4 Å². The van der Waals surface area contributed by atoms with E-state index in [9.17, 15) is 16.8 Å². The second-order valence-corrected chi connectivity index (χ2v) is 7.66. The van der Waals surface area contributed by atoms with E-state index in [0.717, 1.165) is 0 Å². The van der Waals surface area contributed by atoms with E-state index in [1.54, 1.807) is 24.3 Å². The van der Waals surface area contributed by atoms with E-state index in [4.69, 9.17) is 0 Å². The Kier molecular flexibility index (Phi) is 4.31. The number of anilines is 1. The van der Waals surface area contributed by atoms with E-state index in [1.165, 1.54) is 37.4 Å². The minimum atomic E-state index is -3.85. The largest absolute Gasteiger partial charge is 0.278 e. The monoisotopic (exact) mass is 326 g/mol. The SMILES string of the molecule is CNS(=O)(=O)c1ccccc1NS(=O)(=O)c1ccccc1. The van der Waals surface area contributed by atoms with E-state index >= 15 is 0 Å². The molecule has 2 rings (SSSR count). The van der Waals surface area contributed by atoms with Crippen molar-refractivity contribution in [1.82, 2.24) is 4.72 Å². The van der Waals surface area contributed by atoms with Crippen molar-refractivity contribution < 1.29 is 16.8 Å². The van der Waals surface area contributed by atoms with Gasteiger partial charge in [0, 0.05) is 0 Å². The summed E-state index contributed by atoms with van der Waals surface area (Å²) in [6, 6.07) is 13.5. The zero-order valence-corrected chi connectivity index (χ0v) is 12.8. The summed E-state index contributed by atoms with van der Waals surface area (Å²) in [4.78, 5) is -0.0753. The third-order valence-corrected chi connectivity index (χ3v) is 5.60. The van der Waals surface area contributed by atoms with Crippen molar-refractivity contribution in [2.75, 3.05) is 11.8 Å². The second kappa shape index (κ2) is 5.84. The fourth-order valence-corrected chi connectivity index (χ4v) is 3.75. The van der Waals surface area contributed by atoms with Gasteiger partial charge in [-0.1, -0.05) is 30.3 Å². The van der Waals surface area contributed by atoms with Gasteiger partial charge in [-0.05, 0) is 31.3 Å². The lowest BCUT2D eigenvalue weighted by atomic mass is 10.3. The molecule has 0 aromatic heterocycles. The maximum Gasteiger partial charge on any atom is 0.261 e. The van der Waals surface area contributed by atoms with Crippen molar-refractivity contribution in [1.29, 1.82) is 0 Å². The maximum absolute atomic E-state index is 12.2. The molecule has 21 heavy (non-hydrogen) atoms. The van der Waals surface area contributed by atoms with Crippen LogP contribution >= 0.6 is 0 Å². The van der Waals surface area contributed by atoms with Crippen LogP contribution in [0.2, 0.25) is 0 Å². The van der Waals surface area contributed by atoms with Gasteiger partial charge in [-0.2, -0.15) is 0 Å². The zero-order chi connectivity index (χ0) is 15.5. The van der Waals surface area contributed by atoms with Gasteiger partial charge in [-0.15, -0.1) is 0 Å². The van der Waals surface area contributed by atoms with E-state index in [0.29, 0.717) is 0 Å². The molecule has 0 unspecified atom stereocenters. The third-order valence-electron chi connectivity index (χ3n) is 2.74. The Labute approximate surface area is 123 Å². The van der Waals surface area contributed by atoms with Crippen LogP contribution < -0.4 is 9.44 Å². The molecule has 0 heterocycles. The summed E-state index contributed by atoms with van der Waals surface area (Å²) < 4.78 is 52.7. The molecule has 2 aromatic carbocycles. The molecule has 0 saturated carbocycles. The molecule has 0 amide bonds. The van der Waals surface area contributed by atoms with Crippen LogP contribution in [0.4, 0.5) is 5.69 Å². The molecule has 8 heteroatoms. The lowest BCUT2D eigenvalue weighted by Crippen LogP contribution is -2.21. The van der Waals surface area contributed by atoms with Gasteiger partial charge >= 0.3 is 0 Å². The summed E-state index contributed by atoms with van der Waals surface area (Å²) >= 11 is 0. The van der Waals surface area contributed by atoms with Gasteiger partial charge in [0.15, 0.2) is 0 Å². The third kappa shape index (κ3) is 3.41. The lowest BCUT2D eigenvalue weighted by Gasteiger charge is -2.12. The Bertz CT molecular complexity index is 831.